The summed E-state index contributed by atoms with van der Waals surface area (Å²) in [6.07, 6.45) is 0.778. The lowest BCUT2D eigenvalue weighted by Crippen LogP contribution is -1.94. The molecule has 0 fully saturated rings. The van der Waals surface area contributed by atoms with E-state index in [1.807, 2.05) is 0 Å². The first-order chi connectivity index (χ1) is 8.54. The van der Waals surface area contributed by atoms with Crippen molar-refractivity contribution in [3.63, 3.8) is 0 Å². The third-order valence-electron chi connectivity index (χ3n) is 2.46. The minimum absolute atomic E-state index is 0.0661. The molecule has 0 spiro atoms. The highest BCUT2D eigenvalue weighted by Gasteiger charge is 2.10. The lowest BCUT2D eigenvalue weighted by Gasteiger charge is -1.97. The van der Waals surface area contributed by atoms with Gasteiger partial charge in [0, 0.05) is 18.4 Å². The van der Waals surface area contributed by atoms with Gasteiger partial charge in [-0.25, -0.2) is 4.39 Å². The first-order valence-corrected chi connectivity index (χ1v) is 5.64. The Labute approximate surface area is 104 Å². The summed E-state index contributed by atoms with van der Waals surface area (Å²) in [6, 6.07) is 4.57. The number of hydrogen-bond acceptors (Lipinski definition) is 4. The molecule has 0 saturated carbocycles. The van der Waals surface area contributed by atoms with Crippen molar-refractivity contribution in [1.82, 2.24) is 10.1 Å². The maximum Gasteiger partial charge on any atom is 0.227 e. The number of halogens is 1. The monoisotopic (exact) mass is 248 g/mol. The van der Waals surface area contributed by atoms with E-state index in [-0.39, 0.29) is 11.6 Å². The molecule has 0 N–H and O–H groups in total. The molecule has 0 bridgehead atoms. The number of aryl methyl sites for hydroxylation is 2. The SMILES string of the molecule is CC(=O)CCc1nc(-c2cc(C)cc(F)c2)no1. The van der Waals surface area contributed by atoms with Crippen LogP contribution in [-0.2, 0) is 11.2 Å². The fourth-order valence-electron chi connectivity index (χ4n) is 1.62. The van der Waals surface area contributed by atoms with E-state index in [0.29, 0.717) is 30.1 Å². The second-order valence-corrected chi connectivity index (χ2v) is 4.23. The van der Waals surface area contributed by atoms with E-state index < -0.39 is 0 Å². The maximum absolute atomic E-state index is 13.2. The third kappa shape index (κ3) is 3.00. The van der Waals surface area contributed by atoms with Crippen LogP contribution in [0.15, 0.2) is 22.7 Å². The van der Waals surface area contributed by atoms with Gasteiger partial charge in [0.2, 0.25) is 11.7 Å². The van der Waals surface area contributed by atoms with Gasteiger partial charge in [0.15, 0.2) is 0 Å². The van der Waals surface area contributed by atoms with Crippen molar-refractivity contribution >= 4 is 5.78 Å². The Morgan fingerprint density at radius 2 is 2.17 bits per heavy atom. The fourth-order valence-corrected chi connectivity index (χ4v) is 1.62. The second kappa shape index (κ2) is 5.08. The highest BCUT2D eigenvalue weighted by molar-refractivity contribution is 5.75. The molecule has 1 aromatic heterocycles. The van der Waals surface area contributed by atoms with E-state index in [2.05, 4.69) is 10.1 Å². The van der Waals surface area contributed by atoms with Crippen LogP contribution in [0.3, 0.4) is 0 Å². The average molecular weight is 248 g/mol. The quantitative estimate of drug-likeness (QED) is 0.834. The highest BCUT2D eigenvalue weighted by Crippen LogP contribution is 2.19. The zero-order valence-corrected chi connectivity index (χ0v) is 10.2. The van der Waals surface area contributed by atoms with E-state index >= 15 is 0 Å². The normalized spacial score (nSPS) is 10.6. The van der Waals surface area contributed by atoms with Crippen molar-refractivity contribution in [2.45, 2.75) is 26.7 Å². The maximum atomic E-state index is 13.2. The summed E-state index contributed by atoms with van der Waals surface area (Å²) >= 11 is 0. The molecule has 5 heteroatoms. The molecule has 0 unspecified atom stereocenters. The van der Waals surface area contributed by atoms with Gasteiger partial charge < -0.3 is 9.32 Å². The lowest BCUT2D eigenvalue weighted by atomic mass is 10.1. The van der Waals surface area contributed by atoms with E-state index in [9.17, 15) is 9.18 Å². The third-order valence-corrected chi connectivity index (χ3v) is 2.46. The Balaban J connectivity index is 2.21. The van der Waals surface area contributed by atoms with Crippen molar-refractivity contribution < 1.29 is 13.7 Å². The predicted octanol–water partition coefficient (Wildman–Crippen LogP) is 2.71. The van der Waals surface area contributed by atoms with E-state index in [0.717, 1.165) is 5.56 Å². The van der Waals surface area contributed by atoms with Gasteiger partial charge in [-0.05, 0) is 37.6 Å². The summed E-state index contributed by atoms with van der Waals surface area (Å²) in [5, 5.41) is 3.78. The molecule has 94 valence electrons. The van der Waals surface area contributed by atoms with Crippen molar-refractivity contribution in [3.05, 3.63) is 35.5 Å². The zero-order chi connectivity index (χ0) is 13.1. The average Bonchev–Trinajstić information content (AvgIpc) is 2.73. The molecule has 0 aliphatic carbocycles. The molecule has 0 radical (unpaired) electrons. The lowest BCUT2D eigenvalue weighted by molar-refractivity contribution is -0.117. The van der Waals surface area contributed by atoms with Gasteiger partial charge in [-0.2, -0.15) is 4.98 Å². The molecule has 0 aliphatic rings. The van der Waals surface area contributed by atoms with Crippen LogP contribution in [0.25, 0.3) is 11.4 Å². The summed E-state index contributed by atoms with van der Waals surface area (Å²) in [5.74, 6) is 0.467. The van der Waals surface area contributed by atoms with Crippen molar-refractivity contribution in [3.8, 4) is 11.4 Å². The van der Waals surface area contributed by atoms with Gasteiger partial charge >= 0.3 is 0 Å². The largest absolute Gasteiger partial charge is 0.339 e. The first kappa shape index (κ1) is 12.4. The van der Waals surface area contributed by atoms with Crippen LogP contribution in [0.1, 0.15) is 24.8 Å². The molecule has 2 rings (SSSR count). The minimum atomic E-state index is -0.333. The molecular formula is C13H13FN2O2. The van der Waals surface area contributed by atoms with Crippen molar-refractivity contribution in [1.29, 1.82) is 0 Å². The Morgan fingerprint density at radius 3 is 2.83 bits per heavy atom. The molecule has 1 aromatic carbocycles. The molecule has 4 nitrogen and oxygen atoms in total. The zero-order valence-electron chi connectivity index (χ0n) is 10.2. The summed E-state index contributed by atoms with van der Waals surface area (Å²) in [5.41, 5.74) is 1.37. The molecule has 18 heavy (non-hydrogen) atoms. The van der Waals surface area contributed by atoms with Gasteiger partial charge in [0.05, 0.1) is 0 Å². The molecule has 1 heterocycles. The van der Waals surface area contributed by atoms with Crippen molar-refractivity contribution in [2.75, 3.05) is 0 Å². The Hall–Kier alpha value is -2.04. The van der Waals surface area contributed by atoms with Crippen LogP contribution >= 0.6 is 0 Å². The van der Waals surface area contributed by atoms with Crippen LogP contribution in [0, 0.1) is 12.7 Å². The van der Waals surface area contributed by atoms with Crippen LogP contribution in [0.2, 0.25) is 0 Å². The molecule has 2 aromatic rings. The number of carbonyl (C=O) groups is 1. The number of rotatable bonds is 4. The van der Waals surface area contributed by atoms with Crippen LogP contribution in [0.5, 0.6) is 0 Å². The summed E-state index contributed by atoms with van der Waals surface area (Å²) in [7, 11) is 0. The summed E-state index contributed by atoms with van der Waals surface area (Å²) in [6.45, 7) is 3.30. The molecule has 0 saturated heterocycles. The van der Waals surface area contributed by atoms with Gasteiger partial charge in [-0.3, -0.25) is 0 Å². The number of aromatic nitrogens is 2. The number of ketones is 1. The van der Waals surface area contributed by atoms with E-state index in [4.69, 9.17) is 4.52 Å². The highest BCUT2D eigenvalue weighted by atomic mass is 19.1. The standard InChI is InChI=1S/C13H13FN2O2/c1-8-5-10(7-11(14)6-8)13-15-12(18-16-13)4-3-9(2)17/h5-7H,3-4H2,1-2H3. The smallest absolute Gasteiger partial charge is 0.227 e. The Kier molecular flexibility index (Phi) is 3.50. The molecular weight excluding hydrogens is 235 g/mol. The second-order valence-electron chi connectivity index (χ2n) is 4.23. The molecule has 0 amide bonds. The number of benzene rings is 1. The number of hydrogen-bond donors (Lipinski definition) is 0. The van der Waals surface area contributed by atoms with Crippen LogP contribution in [0.4, 0.5) is 4.39 Å². The topological polar surface area (TPSA) is 56.0 Å². The van der Waals surface area contributed by atoms with Gasteiger partial charge in [0.25, 0.3) is 0 Å². The van der Waals surface area contributed by atoms with E-state index in [1.165, 1.54) is 19.1 Å². The van der Waals surface area contributed by atoms with E-state index in [1.54, 1.807) is 13.0 Å². The van der Waals surface area contributed by atoms with Crippen LogP contribution < -0.4 is 0 Å². The Morgan fingerprint density at radius 1 is 1.39 bits per heavy atom. The fraction of sp³-hybridized carbons (Fsp3) is 0.308. The first-order valence-electron chi connectivity index (χ1n) is 5.64. The predicted molar refractivity (Wildman–Crippen MR) is 63.4 cm³/mol. The van der Waals surface area contributed by atoms with Crippen LogP contribution in [-0.4, -0.2) is 15.9 Å². The number of Topliss-reactive ketones (excluding diaryl/α,β-unsaturated/α-hetero) is 1. The molecule has 0 aliphatic heterocycles. The summed E-state index contributed by atoms with van der Waals surface area (Å²) in [4.78, 5) is 15.0. The van der Waals surface area contributed by atoms with Crippen molar-refractivity contribution in [2.24, 2.45) is 0 Å². The number of carbonyl (C=O) groups excluding carboxylic acids is 1. The molecule has 0 atom stereocenters. The van der Waals surface area contributed by atoms with Gasteiger partial charge in [0.1, 0.15) is 11.6 Å². The minimum Gasteiger partial charge on any atom is -0.339 e. The number of nitrogens with zero attached hydrogens (tertiary/aromatic N) is 2. The Bertz CT molecular complexity index is 558. The van der Waals surface area contributed by atoms with Gasteiger partial charge in [-0.15, -0.1) is 0 Å². The van der Waals surface area contributed by atoms with Gasteiger partial charge in [-0.1, -0.05) is 5.16 Å². The summed E-state index contributed by atoms with van der Waals surface area (Å²) < 4.78 is 18.3.